The number of hydrogen-bond acceptors (Lipinski definition) is 5. The molecule has 0 bridgehead atoms. The van der Waals surface area contributed by atoms with E-state index in [0.717, 1.165) is 49.4 Å². The van der Waals surface area contributed by atoms with Crippen LogP contribution in [0.1, 0.15) is 5.56 Å². The normalized spacial score (nSPS) is 14.9. The molecule has 2 heterocycles. The number of benzene rings is 2. The molecule has 1 fully saturated rings. The molecule has 1 aliphatic heterocycles. The summed E-state index contributed by atoms with van der Waals surface area (Å²) in [6.07, 6.45) is 0. The van der Waals surface area contributed by atoms with Gasteiger partial charge in [0.2, 0.25) is 11.9 Å². The second-order valence-electron chi connectivity index (χ2n) is 7.02. The van der Waals surface area contributed by atoms with Crippen molar-refractivity contribution in [1.82, 2.24) is 14.5 Å². The number of nitrogens with one attached hydrogen (secondary N) is 1. The van der Waals surface area contributed by atoms with Crippen LogP contribution < -0.4 is 11.1 Å². The van der Waals surface area contributed by atoms with E-state index >= 15 is 0 Å². The van der Waals surface area contributed by atoms with Gasteiger partial charge in [0.1, 0.15) is 6.54 Å². The molecule has 1 amide bonds. The third-order valence-corrected chi connectivity index (χ3v) is 5.78. The van der Waals surface area contributed by atoms with Crippen LogP contribution in [0.2, 0.25) is 15.1 Å². The Hall–Kier alpha value is -2.03. The first-order valence-electron chi connectivity index (χ1n) is 9.40. The number of nitrogens with two attached hydrogens (primary N) is 1. The van der Waals surface area contributed by atoms with E-state index in [2.05, 4.69) is 15.2 Å². The van der Waals surface area contributed by atoms with Crippen LogP contribution in [-0.4, -0.2) is 46.7 Å². The Labute approximate surface area is 188 Å². The highest BCUT2D eigenvalue weighted by atomic mass is 35.5. The van der Waals surface area contributed by atoms with Gasteiger partial charge in [-0.1, -0.05) is 46.9 Å². The van der Waals surface area contributed by atoms with Gasteiger partial charge in [-0.05, 0) is 23.8 Å². The van der Waals surface area contributed by atoms with Crippen molar-refractivity contribution in [2.75, 3.05) is 37.4 Å². The summed E-state index contributed by atoms with van der Waals surface area (Å²) < 4.78 is 7.08. The number of para-hydroxylation sites is 1. The van der Waals surface area contributed by atoms with Crippen LogP contribution in [0, 0.1) is 0 Å². The number of imidazole rings is 1. The number of rotatable bonds is 5. The minimum Gasteiger partial charge on any atom is -0.379 e. The number of carbonyl (C=O) groups is 1. The average molecular weight is 469 g/mol. The number of carbonyl (C=O) groups excluding carboxylic acids is 1. The Morgan fingerprint density at radius 2 is 1.87 bits per heavy atom. The molecule has 3 N–H and O–H groups in total. The van der Waals surface area contributed by atoms with Gasteiger partial charge in [0, 0.05) is 24.7 Å². The molecule has 1 saturated heterocycles. The molecule has 0 atom stereocenters. The number of halogens is 3. The van der Waals surface area contributed by atoms with E-state index in [1.807, 2.05) is 18.2 Å². The molecule has 158 valence electrons. The molecular weight excluding hydrogens is 449 g/mol. The average Bonchev–Trinajstić information content (AvgIpc) is 3.02. The second-order valence-corrected chi connectivity index (χ2v) is 8.27. The lowest BCUT2D eigenvalue weighted by atomic mass is 10.1. The highest BCUT2D eigenvalue weighted by Gasteiger charge is 2.18. The predicted octanol–water partition coefficient (Wildman–Crippen LogP) is 4.05. The molecule has 1 aromatic heterocycles. The molecule has 3 aromatic rings. The molecule has 0 radical (unpaired) electrons. The molecule has 0 saturated carbocycles. The second kappa shape index (κ2) is 8.99. The van der Waals surface area contributed by atoms with Gasteiger partial charge in [0.25, 0.3) is 0 Å². The van der Waals surface area contributed by atoms with Crippen molar-refractivity contribution in [3.8, 4) is 0 Å². The Morgan fingerprint density at radius 1 is 1.17 bits per heavy atom. The Kier molecular flexibility index (Phi) is 6.36. The SMILES string of the molecule is Nc1nc2c(CN3CCOCC3)cccc2n1CC(=O)Nc1c(Cl)cc(Cl)cc1Cl. The molecule has 1 aliphatic rings. The van der Waals surface area contributed by atoms with Crippen LogP contribution in [0.5, 0.6) is 0 Å². The summed E-state index contributed by atoms with van der Waals surface area (Å²) in [6, 6.07) is 8.91. The molecule has 2 aromatic carbocycles. The molecular formula is C20H20Cl3N5O2. The standard InChI is InChI=1S/C20H20Cl3N5O2/c21-13-8-14(22)19(15(23)9-13)25-17(29)11-28-16-3-1-2-12(18(16)26-20(28)24)10-27-4-6-30-7-5-27/h1-3,8-9H,4-7,10-11H2,(H2,24,26)(H,25,29). The maximum atomic E-state index is 12.7. The predicted molar refractivity (Wildman–Crippen MR) is 120 cm³/mol. The number of hydrogen-bond donors (Lipinski definition) is 2. The van der Waals surface area contributed by atoms with E-state index in [4.69, 9.17) is 45.3 Å². The van der Waals surface area contributed by atoms with E-state index in [0.29, 0.717) is 10.7 Å². The number of fused-ring (bicyclic) bond motifs is 1. The molecule has 30 heavy (non-hydrogen) atoms. The van der Waals surface area contributed by atoms with Gasteiger partial charge in [0.15, 0.2) is 0 Å². The fourth-order valence-electron chi connectivity index (χ4n) is 3.50. The van der Waals surface area contributed by atoms with Crippen molar-refractivity contribution in [2.45, 2.75) is 13.1 Å². The minimum atomic E-state index is -0.328. The molecule has 0 unspecified atom stereocenters. The summed E-state index contributed by atoms with van der Waals surface area (Å²) in [4.78, 5) is 19.5. The van der Waals surface area contributed by atoms with Crippen LogP contribution in [0.15, 0.2) is 30.3 Å². The maximum Gasteiger partial charge on any atom is 0.244 e. The number of morpholine rings is 1. The summed E-state index contributed by atoms with van der Waals surface area (Å²) in [5.41, 5.74) is 9.10. The first kappa shape index (κ1) is 21.2. The lowest BCUT2D eigenvalue weighted by molar-refractivity contribution is -0.116. The zero-order valence-electron chi connectivity index (χ0n) is 16.0. The van der Waals surface area contributed by atoms with E-state index in [-0.39, 0.29) is 28.4 Å². The van der Waals surface area contributed by atoms with Gasteiger partial charge in [-0.25, -0.2) is 4.98 Å². The van der Waals surface area contributed by atoms with Crippen LogP contribution in [-0.2, 0) is 22.6 Å². The van der Waals surface area contributed by atoms with E-state index in [1.165, 1.54) is 12.1 Å². The number of anilines is 2. The summed E-state index contributed by atoms with van der Waals surface area (Å²) in [5, 5.41) is 3.64. The summed E-state index contributed by atoms with van der Waals surface area (Å²) in [5.74, 6) is -0.0615. The zero-order chi connectivity index (χ0) is 21.3. The Balaban J connectivity index is 1.56. The quantitative estimate of drug-likeness (QED) is 0.590. The number of ether oxygens (including phenoxy) is 1. The third-order valence-electron chi connectivity index (χ3n) is 4.96. The summed E-state index contributed by atoms with van der Waals surface area (Å²) in [6.45, 7) is 3.91. The smallest absolute Gasteiger partial charge is 0.244 e. The number of nitrogens with zero attached hydrogens (tertiary/aromatic N) is 3. The zero-order valence-corrected chi connectivity index (χ0v) is 18.3. The first-order valence-corrected chi connectivity index (χ1v) is 10.5. The topological polar surface area (TPSA) is 85.4 Å². The van der Waals surface area contributed by atoms with E-state index in [1.54, 1.807) is 4.57 Å². The molecule has 4 rings (SSSR count). The first-order chi connectivity index (χ1) is 14.4. The van der Waals surface area contributed by atoms with Gasteiger partial charge in [-0.3, -0.25) is 9.69 Å². The molecule has 0 spiro atoms. The van der Waals surface area contributed by atoms with Gasteiger partial charge < -0.3 is 20.4 Å². The van der Waals surface area contributed by atoms with Crippen molar-refractivity contribution in [3.63, 3.8) is 0 Å². The van der Waals surface area contributed by atoms with Gasteiger partial charge in [-0.15, -0.1) is 0 Å². The van der Waals surface area contributed by atoms with Crippen molar-refractivity contribution in [2.24, 2.45) is 0 Å². The van der Waals surface area contributed by atoms with Crippen LogP contribution >= 0.6 is 34.8 Å². The fraction of sp³-hybridized carbons (Fsp3) is 0.300. The molecule has 0 aliphatic carbocycles. The van der Waals surface area contributed by atoms with E-state index in [9.17, 15) is 4.79 Å². The highest BCUT2D eigenvalue weighted by molar-refractivity contribution is 6.42. The van der Waals surface area contributed by atoms with E-state index < -0.39 is 0 Å². The van der Waals surface area contributed by atoms with Crippen LogP contribution in [0.4, 0.5) is 11.6 Å². The minimum absolute atomic E-state index is 0.0291. The number of nitrogen functional groups attached to an aromatic ring is 1. The lowest BCUT2D eigenvalue weighted by Crippen LogP contribution is -2.35. The van der Waals surface area contributed by atoms with Crippen molar-refractivity contribution < 1.29 is 9.53 Å². The van der Waals surface area contributed by atoms with Crippen LogP contribution in [0.3, 0.4) is 0 Å². The lowest BCUT2D eigenvalue weighted by Gasteiger charge is -2.26. The Bertz CT molecular complexity index is 1070. The third kappa shape index (κ3) is 4.50. The van der Waals surface area contributed by atoms with Crippen LogP contribution in [0.25, 0.3) is 11.0 Å². The maximum absolute atomic E-state index is 12.7. The van der Waals surface area contributed by atoms with Crippen molar-refractivity contribution in [1.29, 1.82) is 0 Å². The fourth-order valence-corrected chi connectivity index (χ4v) is 4.41. The molecule has 7 nitrogen and oxygen atoms in total. The van der Waals surface area contributed by atoms with Crippen molar-refractivity contribution >= 4 is 63.4 Å². The van der Waals surface area contributed by atoms with Gasteiger partial charge in [-0.2, -0.15) is 0 Å². The monoisotopic (exact) mass is 467 g/mol. The summed E-state index contributed by atoms with van der Waals surface area (Å²) >= 11 is 18.2. The van der Waals surface area contributed by atoms with Gasteiger partial charge in [0.05, 0.1) is 40.0 Å². The van der Waals surface area contributed by atoms with Crippen molar-refractivity contribution in [3.05, 3.63) is 51.0 Å². The largest absolute Gasteiger partial charge is 0.379 e. The Morgan fingerprint density at radius 3 is 2.57 bits per heavy atom. The number of aromatic nitrogens is 2. The molecule has 10 heteroatoms. The summed E-state index contributed by atoms with van der Waals surface area (Å²) in [7, 11) is 0. The van der Waals surface area contributed by atoms with Gasteiger partial charge >= 0.3 is 0 Å². The highest BCUT2D eigenvalue weighted by Crippen LogP contribution is 2.33. The number of amides is 1.